The lowest BCUT2D eigenvalue weighted by atomic mass is 10.3. The zero-order valence-electron chi connectivity index (χ0n) is 9.56. The molecule has 17 heavy (non-hydrogen) atoms. The Morgan fingerprint density at radius 1 is 1.41 bits per heavy atom. The average molecular weight is 256 g/mol. The van der Waals surface area contributed by atoms with Gasteiger partial charge in [0.15, 0.2) is 11.5 Å². The quantitative estimate of drug-likeness (QED) is 0.615. The Morgan fingerprint density at radius 2 is 2.12 bits per heavy atom. The molecule has 1 saturated heterocycles. The van der Waals surface area contributed by atoms with Gasteiger partial charge in [-0.05, 0) is 23.7 Å². The maximum atomic E-state index is 11.0. The smallest absolute Gasteiger partial charge is 0.316 e. The Hall–Kier alpha value is -1.42. The van der Waals surface area contributed by atoms with E-state index in [0.29, 0.717) is 24.6 Å². The fourth-order valence-corrected chi connectivity index (χ4v) is 2.03. The summed E-state index contributed by atoms with van der Waals surface area (Å²) < 4.78 is 11.0. The summed E-state index contributed by atoms with van der Waals surface area (Å²) in [6.45, 7) is 1.17. The number of likely N-dealkylation sites (tertiary alicyclic amines) is 1. The van der Waals surface area contributed by atoms with Crippen molar-refractivity contribution in [2.75, 3.05) is 20.2 Å². The Labute approximate surface area is 105 Å². The van der Waals surface area contributed by atoms with Crippen LogP contribution in [0.4, 0.5) is 4.79 Å². The molecule has 1 fully saturated rings. The largest absolute Gasteiger partial charge is 0.493 e. The van der Waals surface area contributed by atoms with Crippen LogP contribution >= 0.6 is 11.6 Å². The summed E-state index contributed by atoms with van der Waals surface area (Å²) in [5.74, 6) is 1.40. The molecular weight excluding hydrogens is 242 g/mol. The van der Waals surface area contributed by atoms with E-state index in [9.17, 15) is 4.79 Å². The first-order valence-electron chi connectivity index (χ1n) is 5.45. The van der Waals surface area contributed by atoms with Crippen LogP contribution in [0.25, 0.3) is 0 Å². The minimum absolute atomic E-state index is 0.0194. The minimum atomic E-state index is -0.420. The van der Waals surface area contributed by atoms with Crippen molar-refractivity contribution in [3.05, 3.63) is 24.3 Å². The van der Waals surface area contributed by atoms with Gasteiger partial charge in [-0.2, -0.15) is 0 Å². The number of carbonyl (C=O) groups excluding carboxylic acids is 1. The Bertz CT molecular complexity index is 410. The van der Waals surface area contributed by atoms with Crippen LogP contribution in [0.2, 0.25) is 0 Å². The van der Waals surface area contributed by atoms with E-state index in [0.717, 1.165) is 6.42 Å². The Morgan fingerprint density at radius 3 is 2.71 bits per heavy atom. The first-order chi connectivity index (χ1) is 8.20. The zero-order valence-corrected chi connectivity index (χ0v) is 10.3. The molecule has 0 bridgehead atoms. The standard InChI is InChI=1S/C12H14ClNO3/c1-16-10-4-2-3-5-11(10)17-9-6-7-14(8-9)12(13)15/h2-5,9H,6-8H2,1H3. The molecule has 4 nitrogen and oxygen atoms in total. The first kappa shape index (κ1) is 12.0. The van der Waals surface area contributed by atoms with E-state index in [4.69, 9.17) is 21.1 Å². The van der Waals surface area contributed by atoms with Crippen molar-refractivity contribution in [2.45, 2.75) is 12.5 Å². The van der Waals surface area contributed by atoms with Crippen molar-refractivity contribution in [2.24, 2.45) is 0 Å². The number of methoxy groups -OCH3 is 1. The highest BCUT2D eigenvalue weighted by molar-refractivity contribution is 6.62. The molecule has 0 aromatic heterocycles. The number of ether oxygens (including phenoxy) is 2. The lowest BCUT2D eigenvalue weighted by molar-refractivity contribution is 0.193. The van der Waals surface area contributed by atoms with Crippen LogP contribution in [0, 0.1) is 0 Å². The molecule has 1 aromatic carbocycles. The highest BCUT2D eigenvalue weighted by atomic mass is 35.5. The van der Waals surface area contributed by atoms with Gasteiger partial charge in [0.25, 0.3) is 0 Å². The Kier molecular flexibility index (Phi) is 3.74. The lowest BCUT2D eigenvalue weighted by Crippen LogP contribution is -2.26. The molecule has 0 radical (unpaired) electrons. The van der Waals surface area contributed by atoms with Gasteiger partial charge in [-0.15, -0.1) is 0 Å². The third-order valence-corrected chi connectivity index (χ3v) is 3.00. The van der Waals surface area contributed by atoms with Gasteiger partial charge < -0.3 is 14.4 Å². The fraction of sp³-hybridized carbons (Fsp3) is 0.417. The number of carbonyl (C=O) groups is 1. The summed E-state index contributed by atoms with van der Waals surface area (Å²) in [6, 6.07) is 7.46. The third kappa shape index (κ3) is 2.82. The molecule has 92 valence electrons. The average Bonchev–Trinajstić information content (AvgIpc) is 2.78. The van der Waals surface area contributed by atoms with Crippen molar-refractivity contribution in [3.63, 3.8) is 0 Å². The molecule has 1 aromatic rings. The van der Waals surface area contributed by atoms with E-state index in [1.807, 2.05) is 24.3 Å². The second-order valence-electron chi connectivity index (χ2n) is 3.88. The van der Waals surface area contributed by atoms with Gasteiger partial charge in [-0.1, -0.05) is 12.1 Å². The summed E-state index contributed by atoms with van der Waals surface area (Å²) in [5.41, 5.74) is 0. The maximum absolute atomic E-state index is 11.0. The molecule has 1 aliphatic rings. The second kappa shape index (κ2) is 5.27. The van der Waals surface area contributed by atoms with Gasteiger partial charge in [0, 0.05) is 13.0 Å². The van der Waals surface area contributed by atoms with Gasteiger partial charge in [-0.25, -0.2) is 0 Å². The van der Waals surface area contributed by atoms with Crippen molar-refractivity contribution in [1.29, 1.82) is 0 Å². The summed E-state index contributed by atoms with van der Waals surface area (Å²) in [5, 5.41) is -0.420. The molecular formula is C12H14ClNO3. The summed E-state index contributed by atoms with van der Waals surface area (Å²) in [6.07, 6.45) is 0.769. The van der Waals surface area contributed by atoms with Crippen LogP contribution in [0.1, 0.15) is 6.42 Å². The SMILES string of the molecule is COc1ccccc1OC1CCN(C(=O)Cl)C1. The van der Waals surface area contributed by atoms with Gasteiger partial charge in [-0.3, -0.25) is 4.79 Å². The van der Waals surface area contributed by atoms with E-state index in [2.05, 4.69) is 0 Å². The topological polar surface area (TPSA) is 38.8 Å². The predicted molar refractivity (Wildman–Crippen MR) is 64.8 cm³/mol. The minimum Gasteiger partial charge on any atom is -0.493 e. The van der Waals surface area contributed by atoms with Gasteiger partial charge in [0.2, 0.25) is 0 Å². The Balaban J connectivity index is 2.00. The van der Waals surface area contributed by atoms with E-state index in [1.165, 1.54) is 0 Å². The summed E-state index contributed by atoms with van der Waals surface area (Å²) >= 11 is 5.42. The number of benzene rings is 1. The number of halogens is 1. The maximum Gasteiger partial charge on any atom is 0.316 e. The second-order valence-corrected chi connectivity index (χ2v) is 4.20. The number of rotatable bonds is 3. The van der Waals surface area contributed by atoms with Crippen molar-refractivity contribution < 1.29 is 14.3 Å². The molecule has 1 heterocycles. The van der Waals surface area contributed by atoms with Crippen molar-refractivity contribution in [1.82, 2.24) is 4.90 Å². The molecule has 1 amide bonds. The van der Waals surface area contributed by atoms with E-state index >= 15 is 0 Å². The van der Waals surface area contributed by atoms with Gasteiger partial charge in [0.05, 0.1) is 13.7 Å². The molecule has 0 aliphatic carbocycles. The number of nitrogens with zero attached hydrogens (tertiary/aromatic N) is 1. The van der Waals surface area contributed by atoms with Gasteiger partial charge >= 0.3 is 5.37 Å². The molecule has 0 N–H and O–H groups in total. The number of para-hydroxylation sites is 2. The van der Waals surface area contributed by atoms with E-state index < -0.39 is 5.37 Å². The number of hydrogen-bond donors (Lipinski definition) is 0. The molecule has 2 rings (SSSR count). The number of amides is 1. The van der Waals surface area contributed by atoms with Crippen molar-refractivity contribution >= 4 is 17.0 Å². The molecule has 1 aliphatic heterocycles. The van der Waals surface area contributed by atoms with Crippen LogP contribution in [0.15, 0.2) is 24.3 Å². The van der Waals surface area contributed by atoms with Crippen LogP contribution < -0.4 is 9.47 Å². The molecule has 1 atom stereocenters. The van der Waals surface area contributed by atoms with Crippen LogP contribution in [-0.2, 0) is 0 Å². The van der Waals surface area contributed by atoms with Crippen LogP contribution in [0.5, 0.6) is 11.5 Å². The molecule has 0 saturated carbocycles. The fourth-order valence-electron chi connectivity index (χ4n) is 1.88. The highest BCUT2D eigenvalue weighted by Gasteiger charge is 2.27. The van der Waals surface area contributed by atoms with Gasteiger partial charge in [0.1, 0.15) is 6.10 Å². The normalized spacial score (nSPS) is 19.2. The monoisotopic (exact) mass is 255 g/mol. The predicted octanol–water partition coefficient (Wildman–Crippen LogP) is 2.51. The lowest BCUT2D eigenvalue weighted by Gasteiger charge is -2.16. The molecule has 1 unspecified atom stereocenters. The third-order valence-electron chi connectivity index (χ3n) is 2.76. The van der Waals surface area contributed by atoms with E-state index in [1.54, 1.807) is 12.0 Å². The highest BCUT2D eigenvalue weighted by Crippen LogP contribution is 2.28. The van der Waals surface area contributed by atoms with Crippen LogP contribution in [-0.4, -0.2) is 36.6 Å². The number of hydrogen-bond acceptors (Lipinski definition) is 3. The molecule has 0 spiro atoms. The van der Waals surface area contributed by atoms with Crippen LogP contribution in [0.3, 0.4) is 0 Å². The zero-order chi connectivity index (χ0) is 12.3. The first-order valence-corrected chi connectivity index (χ1v) is 5.82. The molecule has 5 heteroatoms. The van der Waals surface area contributed by atoms with Crippen molar-refractivity contribution in [3.8, 4) is 11.5 Å². The van der Waals surface area contributed by atoms with E-state index in [-0.39, 0.29) is 6.10 Å². The summed E-state index contributed by atoms with van der Waals surface area (Å²) in [4.78, 5) is 12.5. The summed E-state index contributed by atoms with van der Waals surface area (Å²) in [7, 11) is 1.60.